The molecule has 0 aliphatic heterocycles. The van der Waals surface area contributed by atoms with Crippen molar-refractivity contribution in [3.63, 3.8) is 0 Å². The number of rotatable bonds is 6. The summed E-state index contributed by atoms with van der Waals surface area (Å²) in [5, 5.41) is 0. The molecule has 1 aromatic rings. The summed E-state index contributed by atoms with van der Waals surface area (Å²) in [6.07, 6.45) is 2.10. The van der Waals surface area contributed by atoms with Crippen LogP contribution in [0.5, 0.6) is 0 Å². The van der Waals surface area contributed by atoms with E-state index in [0.717, 1.165) is 12.8 Å². The number of hydroxylamine groups is 1. The van der Waals surface area contributed by atoms with E-state index in [2.05, 4.69) is 36.7 Å². The van der Waals surface area contributed by atoms with Crippen molar-refractivity contribution in [3.8, 4) is 0 Å². The molecule has 0 heterocycles. The fourth-order valence-electron chi connectivity index (χ4n) is 1.37. The Morgan fingerprint density at radius 2 is 1.93 bits per heavy atom. The molecular weight excluding hydrogens is 174 g/mol. The molecule has 0 amide bonds. The number of hydrogen-bond acceptors (Lipinski definition) is 2. The van der Waals surface area contributed by atoms with Crippen molar-refractivity contribution in [1.82, 2.24) is 5.48 Å². The van der Waals surface area contributed by atoms with Gasteiger partial charge in [-0.1, -0.05) is 37.3 Å². The molecule has 0 aromatic heterocycles. The zero-order valence-electron chi connectivity index (χ0n) is 8.99. The minimum absolute atomic E-state index is 0.414. The van der Waals surface area contributed by atoms with Crippen LogP contribution < -0.4 is 5.48 Å². The lowest BCUT2D eigenvalue weighted by atomic mass is 10.1. The van der Waals surface area contributed by atoms with Crippen molar-refractivity contribution in [2.24, 2.45) is 0 Å². The van der Waals surface area contributed by atoms with Gasteiger partial charge in [0.05, 0.1) is 6.61 Å². The average Bonchev–Trinajstić information content (AvgIpc) is 2.25. The topological polar surface area (TPSA) is 21.3 Å². The SMILES string of the molecule is CCONC(CC)Cc1ccccc1. The van der Waals surface area contributed by atoms with Crippen LogP contribution in [0.15, 0.2) is 30.3 Å². The van der Waals surface area contributed by atoms with Crippen LogP contribution in [0.1, 0.15) is 25.8 Å². The summed E-state index contributed by atoms with van der Waals surface area (Å²) in [5.74, 6) is 0. The van der Waals surface area contributed by atoms with Gasteiger partial charge < -0.3 is 4.84 Å². The van der Waals surface area contributed by atoms with E-state index >= 15 is 0 Å². The summed E-state index contributed by atoms with van der Waals surface area (Å²) in [4.78, 5) is 5.21. The van der Waals surface area contributed by atoms with Crippen LogP contribution in [-0.2, 0) is 11.3 Å². The third-order valence-corrected chi connectivity index (χ3v) is 2.21. The van der Waals surface area contributed by atoms with Crippen molar-refractivity contribution in [2.75, 3.05) is 6.61 Å². The van der Waals surface area contributed by atoms with Crippen LogP contribution in [0.25, 0.3) is 0 Å². The van der Waals surface area contributed by atoms with Gasteiger partial charge in [-0.3, -0.25) is 0 Å². The highest BCUT2D eigenvalue weighted by Crippen LogP contribution is 2.05. The first-order valence-corrected chi connectivity index (χ1v) is 5.28. The van der Waals surface area contributed by atoms with E-state index in [9.17, 15) is 0 Å². The summed E-state index contributed by atoms with van der Waals surface area (Å²) < 4.78 is 0. The van der Waals surface area contributed by atoms with Crippen LogP contribution in [0.3, 0.4) is 0 Å². The highest BCUT2D eigenvalue weighted by atomic mass is 16.6. The van der Waals surface area contributed by atoms with Crippen molar-refractivity contribution >= 4 is 0 Å². The standard InChI is InChI=1S/C12H19NO/c1-3-12(13-14-4-2)10-11-8-6-5-7-9-11/h5-9,12-13H,3-4,10H2,1-2H3. The molecule has 0 spiro atoms. The molecule has 14 heavy (non-hydrogen) atoms. The maximum Gasteiger partial charge on any atom is 0.0654 e. The van der Waals surface area contributed by atoms with E-state index in [1.54, 1.807) is 0 Å². The minimum Gasteiger partial charge on any atom is -0.302 e. The molecule has 0 bridgehead atoms. The van der Waals surface area contributed by atoms with Gasteiger partial charge in [-0.2, -0.15) is 5.48 Å². The fraction of sp³-hybridized carbons (Fsp3) is 0.500. The Morgan fingerprint density at radius 3 is 2.50 bits per heavy atom. The largest absolute Gasteiger partial charge is 0.302 e. The number of benzene rings is 1. The first kappa shape index (κ1) is 11.2. The molecule has 1 aromatic carbocycles. The zero-order chi connectivity index (χ0) is 10.2. The van der Waals surface area contributed by atoms with Crippen LogP contribution in [0.2, 0.25) is 0 Å². The van der Waals surface area contributed by atoms with Gasteiger partial charge in [0.15, 0.2) is 0 Å². The molecule has 1 unspecified atom stereocenters. The second kappa shape index (κ2) is 6.57. The van der Waals surface area contributed by atoms with Gasteiger partial charge in [0.1, 0.15) is 0 Å². The van der Waals surface area contributed by atoms with Gasteiger partial charge in [0.2, 0.25) is 0 Å². The van der Waals surface area contributed by atoms with Gasteiger partial charge >= 0.3 is 0 Å². The van der Waals surface area contributed by atoms with E-state index in [1.165, 1.54) is 5.56 Å². The van der Waals surface area contributed by atoms with E-state index in [4.69, 9.17) is 4.84 Å². The monoisotopic (exact) mass is 193 g/mol. The van der Waals surface area contributed by atoms with E-state index < -0.39 is 0 Å². The Kier molecular flexibility index (Phi) is 5.27. The predicted octanol–water partition coefficient (Wildman–Crippen LogP) is 2.55. The minimum atomic E-state index is 0.414. The third kappa shape index (κ3) is 3.90. The van der Waals surface area contributed by atoms with Crippen molar-refractivity contribution < 1.29 is 4.84 Å². The Hall–Kier alpha value is -0.860. The average molecular weight is 193 g/mol. The van der Waals surface area contributed by atoms with Crippen LogP contribution in [0, 0.1) is 0 Å². The summed E-state index contributed by atoms with van der Waals surface area (Å²) >= 11 is 0. The summed E-state index contributed by atoms with van der Waals surface area (Å²) in [5.41, 5.74) is 4.42. The van der Waals surface area contributed by atoms with E-state index in [0.29, 0.717) is 12.6 Å². The maximum absolute atomic E-state index is 5.21. The van der Waals surface area contributed by atoms with Crippen LogP contribution in [0.4, 0.5) is 0 Å². The highest BCUT2D eigenvalue weighted by Gasteiger charge is 2.05. The molecule has 1 atom stereocenters. The second-order valence-corrected chi connectivity index (χ2v) is 3.35. The van der Waals surface area contributed by atoms with Gasteiger partial charge in [0.25, 0.3) is 0 Å². The second-order valence-electron chi connectivity index (χ2n) is 3.35. The number of nitrogens with one attached hydrogen (secondary N) is 1. The quantitative estimate of drug-likeness (QED) is 0.701. The maximum atomic E-state index is 5.21. The molecule has 0 saturated carbocycles. The summed E-state index contributed by atoms with van der Waals surface area (Å²) in [7, 11) is 0. The van der Waals surface area contributed by atoms with Gasteiger partial charge in [-0.15, -0.1) is 0 Å². The Morgan fingerprint density at radius 1 is 1.21 bits per heavy atom. The van der Waals surface area contributed by atoms with Crippen LogP contribution >= 0.6 is 0 Å². The zero-order valence-corrected chi connectivity index (χ0v) is 8.99. The molecule has 0 aliphatic carbocycles. The molecule has 0 aliphatic rings. The highest BCUT2D eigenvalue weighted by molar-refractivity contribution is 5.15. The molecule has 78 valence electrons. The smallest absolute Gasteiger partial charge is 0.0654 e. The predicted molar refractivity (Wildman–Crippen MR) is 59.0 cm³/mol. The van der Waals surface area contributed by atoms with Crippen molar-refractivity contribution in [1.29, 1.82) is 0 Å². The molecule has 1 N–H and O–H groups in total. The first-order valence-electron chi connectivity index (χ1n) is 5.28. The van der Waals surface area contributed by atoms with E-state index in [-0.39, 0.29) is 0 Å². The molecule has 2 nitrogen and oxygen atoms in total. The number of hydrogen-bond donors (Lipinski definition) is 1. The molecular formula is C12H19NO. The molecule has 1 rings (SSSR count). The Bertz CT molecular complexity index is 235. The molecule has 0 saturated heterocycles. The summed E-state index contributed by atoms with van der Waals surface area (Å²) in [6, 6.07) is 10.9. The van der Waals surface area contributed by atoms with Crippen molar-refractivity contribution in [2.45, 2.75) is 32.7 Å². The van der Waals surface area contributed by atoms with Crippen molar-refractivity contribution in [3.05, 3.63) is 35.9 Å². The Labute approximate surface area is 86.2 Å². The fourth-order valence-corrected chi connectivity index (χ4v) is 1.37. The lowest BCUT2D eigenvalue weighted by Gasteiger charge is -2.15. The normalized spacial score (nSPS) is 12.7. The Balaban J connectivity index is 2.40. The first-order chi connectivity index (χ1) is 6.86. The lowest BCUT2D eigenvalue weighted by molar-refractivity contribution is 0.0236. The van der Waals surface area contributed by atoms with Gasteiger partial charge in [0, 0.05) is 6.04 Å². The van der Waals surface area contributed by atoms with E-state index in [1.807, 2.05) is 13.0 Å². The lowest BCUT2D eigenvalue weighted by Crippen LogP contribution is -2.30. The van der Waals surface area contributed by atoms with Gasteiger partial charge in [-0.05, 0) is 25.3 Å². The van der Waals surface area contributed by atoms with Crippen LogP contribution in [-0.4, -0.2) is 12.6 Å². The molecule has 0 radical (unpaired) electrons. The molecule has 2 heteroatoms. The summed E-state index contributed by atoms with van der Waals surface area (Å²) in [6.45, 7) is 4.87. The molecule has 0 fully saturated rings. The van der Waals surface area contributed by atoms with Gasteiger partial charge in [-0.25, -0.2) is 0 Å². The third-order valence-electron chi connectivity index (χ3n) is 2.21.